The molecule has 0 saturated heterocycles. The fourth-order valence-corrected chi connectivity index (χ4v) is 1.16. The van der Waals surface area contributed by atoms with Crippen molar-refractivity contribution in [2.45, 2.75) is 13.8 Å². The molecule has 0 amide bonds. The van der Waals surface area contributed by atoms with Gasteiger partial charge in [-0.2, -0.15) is 0 Å². The molecule has 0 N–H and O–H groups in total. The van der Waals surface area contributed by atoms with Crippen molar-refractivity contribution in [1.29, 1.82) is 0 Å². The molecule has 0 fully saturated rings. The van der Waals surface area contributed by atoms with E-state index in [1.807, 2.05) is 19.9 Å². The molecule has 11 heavy (non-hydrogen) atoms. The SMILES string of the molecule is Cc1cc(C)c2ncoc2n1. The Morgan fingerprint density at radius 1 is 1.36 bits per heavy atom. The number of fused-ring (bicyclic) bond motifs is 1. The molecule has 0 aliphatic carbocycles. The normalized spacial score (nSPS) is 10.7. The van der Waals surface area contributed by atoms with Gasteiger partial charge in [-0.25, -0.2) is 9.97 Å². The quantitative estimate of drug-likeness (QED) is 0.572. The lowest BCUT2D eigenvalue weighted by molar-refractivity contribution is 0.589. The van der Waals surface area contributed by atoms with Gasteiger partial charge in [0, 0.05) is 5.69 Å². The van der Waals surface area contributed by atoms with E-state index < -0.39 is 0 Å². The van der Waals surface area contributed by atoms with Crippen LogP contribution in [0.1, 0.15) is 11.3 Å². The van der Waals surface area contributed by atoms with Gasteiger partial charge in [0.25, 0.3) is 0 Å². The number of aromatic nitrogens is 2. The van der Waals surface area contributed by atoms with Crippen LogP contribution in [-0.2, 0) is 0 Å². The van der Waals surface area contributed by atoms with E-state index >= 15 is 0 Å². The van der Waals surface area contributed by atoms with Crippen molar-refractivity contribution >= 4 is 11.2 Å². The fraction of sp³-hybridized carbons (Fsp3) is 0.250. The Bertz CT molecular complexity index is 392. The van der Waals surface area contributed by atoms with Crippen molar-refractivity contribution in [1.82, 2.24) is 9.97 Å². The zero-order valence-electron chi connectivity index (χ0n) is 6.46. The molecule has 0 aliphatic heterocycles. The third kappa shape index (κ3) is 0.888. The van der Waals surface area contributed by atoms with E-state index in [9.17, 15) is 0 Å². The summed E-state index contributed by atoms with van der Waals surface area (Å²) in [7, 11) is 0. The van der Waals surface area contributed by atoms with Crippen LogP contribution in [0.5, 0.6) is 0 Å². The summed E-state index contributed by atoms with van der Waals surface area (Å²) in [6.45, 7) is 3.94. The third-order valence-electron chi connectivity index (χ3n) is 1.63. The minimum Gasteiger partial charge on any atom is -0.425 e. The van der Waals surface area contributed by atoms with E-state index in [0.29, 0.717) is 5.71 Å². The van der Waals surface area contributed by atoms with Gasteiger partial charge in [0.1, 0.15) is 5.52 Å². The summed E-state index contributed by atoms with van der Waals surface area (Å²) in [6.07, 6.45) is 1.42. The Balaban J connectivity index is 2.91. The topological polar surface area (TPSA) is 38.9 Å². The largest absolute Gasteiger partial charge is 0.425 e. The molecular weight excluding hydrogens is 140 g/mol. The number of hydrogen-bond acceptors (Lipinski definition) is 3. The molecular formula is C8H8N2O. The van der Waals surface area contributed by atoms with Crippen LogP contribution in [0, 0.1) is 13.8 Å². The van der Waals surface area contributed by atoms with Gasteiger partial charge in [0.2, 0.25) is 5.71 Å². The van der Waals surface area contributed by atoms with Gasteiger partial charge < -0.3 is 4.42 Å². The van der Waals surface area contributed by atoms with Crippen LogP contribution in [0.25, 0.3) is 11.2 Å². The van der Waals surface area contributed by atoms with Crippen LogP contribution in [0.15, 0.2) is 16.9 Å². The van der Waals surface area contributed by atoms with E-state index in [1.165, 1.54) is 6.39 Å². The monoisotopic (exact) mass is 148 g/mol. The van der Waals surface area contributed by atoms with Gasteiger partial charge in [-0.1, -0.05) is 0 Å². The van der Waals surface area contributed by atoms with E-state index in [1.54, 1.807) is 0 Å². The molecule has 56 valence electrons. The molecule has 2 heterocycles. The van der Waals surface area contributed by atoms with Gasteiger partial charge in [0.15, 0.2) is 6.39 Å². The van der Waals surface area contributed by atoms with Crippen molar-refractivity contribution in [2.24, 2.45) is 0 Å². The average Bonchev–Trinajstić information content (AvgIpc) is 2.34. The molecule has 2 aromatic rings. The van der Waals surface area contributed by atoms with Crippen LogP contribution in [0.3, 0.4) is 0 Å². The molecule has 0 spiro atoms. The van der Waals surface area contributed by atoms with Crippen molar-refractivity contribution in [3.8, 4) is 0 Å². The highest BCUT2D eigenvalue weighted by atomic mass is 16.3. The third-order valence-corrected chi connectivity index (χ3v) is 1.63. The number of aryl methyl sites for hydroxylation is 2. The number of rotatable bonds is 0. The first-order valence-electron chi connectivity index (χ1n) is 3.45. The zero-order valence-corrected chi connectivity index (χ0v) is 6.46. The number of oxazole rings is 1. The summed E-state index contributed by atoms with van der Waals surface area (Å²) in [6, 6.07) is 1.99. The maximum atomic E-state index is 5.06. The molecule has 3 heteroatoms. The van der Waals surface area contributed by atoms with Crippen LogP contribution >= 0.6 is 0 Å². The summed E-state index contributed by atoms with van der Waals surface area (Å²) >= 11 is 0. The van der Waals surface area contributed by atoms with Crippen molar-refractivity contribution in [3.63, 3.8) is 0 Å². The lowest BCUT2D eigenvalue weighted by Gasteiger charge is -1.93. The second-order valence-corrected chi connectivity index (χ2v) is 2.59. The van der Waals surface area contributed by atoms with E-state index in [-0.39, 0.29) is 0 Å². The maximum Gasteiger partial charge on any atom is 0.247 e. The summed E-state index contributed by atoms with van der Waals surface area (Å²) in [5.41, 5.74) is 3.56. The molecule has 2 aromatic heterocycles. The average molecular weight is 148 g/mol. The van der Waals surface area contributed by atoms with Crippen LogP contribution < -0.4 is 0 Å². The molecule has 0 saturated carbocycles. The molecule has 0 unspecified atom stereocenters. The minimum atomic E-state index is 0.627. The predicted octanol–water partition coefficient (Wildman–Crippen LogP) is 1.84. The Morgan fingerprint density at radius 2 is 2.18 bits per heavy atom. The van der Waals surface area contributed by atoms with Gasteiger partial charge in [-0.15, -0.1) is 0 Å². The highest BCUT2D eigenvalue weighted by molar-refractivity contribution is 5.71. The van der Waals surface area contributed by atoms with Crippen LogP contribution in [-0.4, -0.2) is 9.97 Å². The van der Waals surface area contributed by atoms with Crippen LogP contribution in [0.2, 0.25) is 0 Å². The molecule has 0 aromatic carbocycles. The van der Waals surface area contributed by atoms with E-state index in [2.05, 4.69) is 9.97 Å². The number of nitrogens with zero attached hydrogens (tertiary/aromatic N) is 2. The predicted molar refractivity (Wildman–Crippen MR) is 41.3 cm³/mol. The summed E-state index contributed by atoms with van der Waals surface area (Å²) in [4.78, 5) is 8.20. The maximum absolute atomic E-state index is 5.06. The van der Waals surface area contributed by atoms with E-state index in [4.69, 9.17) is 4.42 Å². The lowest BCUT2D eigenvalue weighted by atomic mass is 10.2. The van der Waals surface area contributed by atoms with Gasteiger partial charge in [-0.05, 0) is 25.5 Å². The molecule has 0 radical (unpaired) electrons. The van der Waals surface area contributed by atoms with Crippen molar-refractivity contribution in [2.75, 3.05) is 0 Å². The number of hydrogen-bond donors (Lipinski definition) is 0. The second-order valence-electron chi connectivity index (χ2n) is 2.59. The first kappa shape index (κ1) is 6.34. The summed E-state index contributed by atoms with van der Waals surface area (Å²) in [5.74, 6) is 0. The van der Waals surface area contributed by atoms with E-state index in [0.717, 1.165) is 16.8 Å². The number of pyridine rings is 1. The Labute approximate surface area is 64.1 Å². The van der Waals surface area contributed by atoms with Gasteiger partial charge in [0.05, 0.1) is 0 Å². The standard InChI is InChI=1S/C8H8N2O/c1-5-3-6(2)10-8-7(5)9-4-11-8/h3-4H,1-2H3. The highest BCUT2D eigenvalue weighted by Crippen LogP contribution is 2.14. The zero-order chi connectivity index (χ0) is 7.84. The Morgan fingerprint density at radius 3 is 3.00 bits per heavy atom. The lowest BCUT2D eigenvalue weighted by Crippen LogP contribution is -1.84. The molecule has 0 atom stereocenters. The smallest absolute Gasteiger partial charge is 0.247 e. The second kappa shape index (κ2) is 2.05. The summed E-state index contributed by atoms with van der Waals surface area (Å²) < 4.78 is 5.06. The summed E-state index contributed by atoms with van der Waals surface area (Å²) in [5, 5.41) is 0. The van der Waals surface area contributed by atoms with Crippen LogP contribution in [0.4, 0.5) is 0 Å². The first-order chi connectivity index (χ1) is 5.27. The molecule has 0 aliphatic rings. The molecule has 3 nitrogen and oxygen atoms in total. The van der Waals surface area contributed by atoms with Gasteiger partial charge >= 0.3 is 0 Å². The molecule has 2 rings (SSSR count). The fourth-order valence-electron chi connectivity index (χ4n) is 1.16. The molecule has 0 bridgehead atoms. The van der Waals surface area contributed by atoms with Gasteiger partial charge in [-0.3, -0.25) is 0 Å². The van der Waals surface area contributed by atoms with Crippen molar-refractivity contribution < 1.29 is 4.42 Å². The van der Waals surface area contributed by atoms with Crippen molar-refractivity contribution in [3.05, 3.63) is 23.7 Å². The Kier molecular flexibility index (Phi) is 1.18. The first-order valence-corrected chi connectivity index (χ1v) is 3.45. The minimum absolute atomic E-state index is 0.627. The highest BCUT2D eigenvalue weighted by Gasteiger charge is 2.02. The Hall–Kier alpha value is -1.38.